The lowest BCUT2D eigenvalue weighted by atomic mass is 9.78. The smallest absolute Gasteiger partial charge is 0.251 e. The zero-order chi connectivity index (χ0) is 16.8. The molecule has 1 aromatic rings. The largest absolute Gasteiger partial charge is 0.493 e. The Morgan fingerprint density at radius 2 is 2.13 bits per heavy atom. The maximum Gasteiger partial charge on any atom is 0.251 e. The fourth-order valence-corrected chi connectivity index (χ4v) is 3.08. The van der Waals surface area contributed by atoms with Crippen LogP contribution in [0.3, 0.4) is 0 Å². The average molecular weight is 315 g/mol. The predicted molar refractivity (Wildman–Crippen MR) is 90.8 cm³/mol. The summed E-state index contributed by atoms with van der Waals surface area (Å²) in [6, 6.07) is 5.38. The van der Waals surface area contributed by atoms with Crippen molar-refractivity contribution in [1.82, 2.24) is 5.32 Å². The lowest BCUT2D eigenvalue weighted by molar-refractivity contribution is 0.0890. The van der Waals surface area contributed by atoms with Crippen LogP contribution in [0.5, 0.6) is 11.5 Å². The van der Waals surface area contributed by atoms with Crippen LogP contribution < -0.4 is 14.8 Å². The molecule has 0 radical (unpaired) electrons. The van der Waals surface area contributed by atoms with Crippen molar-refractivity contribution in [3.8, 4) is 23.8 Å². The molecule has 1 aliphatic rings. The van der Waals surface area contributed by atoms with Crippen LogP contribution in [0.2, 0.25) is 0 Å². The van der Waals surface area contributed by atoms with Crippen LogP contribution in [0, 0.1) is 24.2 Å². The number of methoxy groups -OCH3 is 1. The van der Waals surface area contributed by atoms with Crippen LogP contribution in [0.25, 0.3) is 0 Å². The number of ether oxygens (including phenoxy) is 2. The van der Waals surface area contributed by atoms with Crippen molar-refractivity contribution < 1.29 is 14.3 Å². The van der Waals surface area contributed by atoms with E-state index in [1.807, 2.05) is 0 Å². The maximum absolute atomic E-state index is 12.5. The summed E-state index contributed by atoms with van der Waals surface area (Å²) < 4.78 is 10.7. The van der Waals surface area contributed by atoms with Gasteiger partial charge in [0.2, 0.25) is 0 Å². The minimum absolute atomic E-state index is 0.0715. The third kappa shape index (κ3) is 4.19. The topological polar surface area (TPSA) is 47.6 Å². The van der Waals surface area contributed by atoms with Crippen LogP contribution in [-0.2, 0) is 0 Å². The molecule has 0 aliphatic heterocycles. The van der Waals surface area contributed by atoms with Gasteiger partial charge in [-0.3, -0.25) is 4.79 Å². The van der Waals surface area contributed by atoms with Crippen molar-refractivity contribution >= 4 is 5.91 Å². The number of nitrogens with one attached hydrogen (secondary N) is 1. The Labute approximate surface area is 138 Å². The number of carbonyl (C=O) groups is 1. The van der Waals surface area contributed by atoms with E-state index < -0.39 is 0 Å². The number of carbonyl (C=O) groups excluding carboxylic acids is 1. The highest BCUT2D eigenvalue weighted by Crippen LogP contribution is 2.31. The molecule has 0 spiro atoms. The van der Waals surface area contributed by atoms with Gasteiger partial charge in [-0.2, -0.15) is 0 Å². The normalized spacial score (nSPS) is 23.7. The second-order valence-corrected chi connectivity index (χ2v) is 6.21. The summed E-state index contributed by atoms with van der Waals surface area (Å²) in [6.45, 7) is 4.63. The van der Waals surface area contributed by atoms with E-state index in [0.717, 1.165) is 6.42 Å². The zero-order valence-corrected chi connectivity index (χ0v) is 14.1. The summed E-state index contributed by atoms with van der Waals surface area (Å²) in [7, 11) is 1.55. The van der Waals surface area contributed by atoms with Gasteiger partial charge in [0, 0.05) is 11.6 Å². The van der Waals surface area contributed by atoms with Gasteiger partial charge in [0.15, 0.2) is 11.5 Å². The number of rotatable bonds is 5. The molecule has 1 aromatic carbocycles. The summed E-state index contributed by atoms with van der Waals surface area (Å²) in [6.07, 6.45) is 8.64. The van der Waals surface area contributed by atoms with Gasteiger partial charge in [0.1, 0.15) is 6.61 Å². The highest BCUT2D eigenvalue weighted by molar-refractivity contribution is 5.95. The van der Waals surface area contributed by atoms with Gasteiger partial charge < -0.3 is 14.8 Å². The van der Waals surface area contributed by atoms with Crippen molar-refractivity contribution in [2.24, 2.45) is 11.8 Å². The molecule has 3 atom stereocenters. The number of amides is 1. The highest BCUT2D eigenvalue weighted by atomic mass is 16.5. The Morgan fingerprint density at radius 1 is 1.35 bits per heavy atom. The number of hydrogen-bond donors (Lipinski definition) is 1. The molecule has 0 aromatic heterocycles. The molecule has 1 amide bonds. The van der Waals surface area contributed by atoms with Gasteiger partial charge in [-0.05, 0) is 36.5 Å². The van der Waals surface area contributed by atoms with Crippen LogP contribution in [-0.4, -0.2) is 25.7 Å². The van der Waals surface area contributed by atoms with Crippen LogP contribution >= 0.6 is 0 Å². The third-order valence-corrected chi connectivity index (χ3v) is 4.76. The Balaban J connectivity index is 2.08. The first kappa shape index (κ1) is 17.2. The summed E-state index contributed by atoms with van der Waals surface area (Å²) in [5, 5.41) is 3.16. The molecule has 4 nitrogen and oxygen atoms in total. The Bertz CT molecular complexity index is 591. The molecule has 1 fully saturated rings. The van der Waals surface area contributed by atoms with Crippen molar-refractivity contribution in [3.63, 3.8) is 0 Å². The molecular weight excluding hydrogens is 290 g/mol. The van der Waals surface area contributed by atoms with E-state index in [4.69, 9.17) is 15.9 Å². The molecule has 1 saturated carbocycles. The fourth-order valence-electron chi connectivity index (χ4n) is 3.08. The third-order valence-electron chi connectivity index (χ3n) is 4.76. The Kier molecular flexibility index (Phi) is 5.92. The van der Waals surface area contributed by atoms with Crippen LogP contribution in [0.4, 0.5) is 0 Å². The van der Waals surface area contributed by atoms with Gasteiger partial charge in [-0.25, -0.2) is 0 Å². The molecule has 0 saturated heterocycles. The van der Waals surface area contributed by atoms with E-state index in [0.29, 0.717) is 28.9 Å². The molecule has 1 aliphatic carbocycles. The quantitative estimate of drug-likeness (QED) is 0.848. The molecule has 23 heavy (non-hydrogen) atoms. The van der Waals surface area contributed by atoms with Gasteiger partial charge >= 0.3 is 0 Å². The van der Waals surface area contributed by atoms with Crippen LogP contribution in [0.15, 0.2) is 18.2 Å². The lowest BCUT2D eigenvalue weighted by Gasteiger charge is -2.34. The molecule has 0 bridgehead atoms. The standard InChI is InChI=1S/C19H25NO3/c1-5-11-23-17-10-9-15(12-18(17)22-4)19(21)20-16-8-6-7-13(2)14(16)3/h1,9-10,12-14,16H,6-8,11H2,2-4H3,(H,20,21). The number of hydrogen-bond acceptors (Lipinski definition) is 3. The average Bonchev–Trinajstić information content (AvgIpc) is 2.56. The van der Waals surface area contributed by atoms with E-state index in [-0.39, 0.29) is 18.6 Å². The van der Waals surface area contributed by atoms with E-state index >= 15 is 0 Å². The first-order chi connectivity index (χ1) is 11.1. The molecule has 124 valence electrons. The van der Waals surface area contributed by atoms with Crippen LogP contribution in [0.1, 0.15) is 43.5 Å². The van der Waals surface area contributed by atoms with E-state index in [1.165, 1.54) is 12.8 Å². The summed E-state index contributed by atoms with van der Waals surface area (Å²) >= 11 is 0. The first-order valence-electron chi connectivity index (χ1n) is 8.12. The Morgan fingerprint density at radius 3 is 2.83 bits per heavy atom. The predicted octanol–water partition coefficient (Wildman–Crippen LogP) is 3.26. The van der Waals surface area contributed by atoms with Gasteiger partial charge in [-0.1, -0.05) is 32.6 Å². The Hall–Kier alpha value is -2.15. The molecule has 0 heterocycles. The van der Waals surface area contributed by atoms with Crippen molar-refractivity contribution in [2.75, 3.05) is 13.7 Å². The van der Waals surface area contributed by atoms with E-state index in [2.05, 4.69) is 25.1 Å². The lowest BCUT2D eigenvalue weighted by Crippen LogP contribution is -2.43. The van der Waals surface area contributed by atoms with Gasteiger partial charge in [0.05, 0.1) is 7.11 Å². The van der Waals surface area contributed by atoms with Gasteiger partial charge in [0.25, 0.3) is 5.91 Å². The van der Waals surface area contributed by atoms with E-state index in [9.17, 15) is 4.79 Å². The molecular formula is C19H25NO3. The monoisotopic (exact) mass is 315 g/mol. The molecule has 3 unspecified atom stereocenters. The minimum Gasteiger partial charge on any atom is -0.493 e. The summed E-state index contributed by atoms with van der Waals surface area (Å²) in [4.78, 5) is 12.5. The second kappa shape index (κ2) is 7.92. The minimum atomic E-state index is -0.0715. The molecule has 2 rings (SSSR count). The molecule has 4 heteroatoms. The SMILES string of the molecule is C#CCOc1ccc(C(=O)NC2CCCC(C)C2C)cc1OC. The first-order valence-corrected chi connectivity index (χ1v) is 8.12. The fraction of sp³-hybridized carbons (Fsp3) is 0.526. The zero-order valence-electron chi connectivity index (χ0n) is 14.1. The summed E-state index contributed by atoms with van der Waals surface area (Å²) in [5.74, 6) is 4.53. The number of benzene rings is 1. The maximum atomic E-state index is 12.5. The van der Waals surface area contributed by atoms with Crippen molar-refractivity contribution in [1.29, 1.82) is 0 Å². The van der Waals surface area contributed by atoms with E-state index in [1.54, 1.807) is 25.3 Å². The molecule has 1 N–H and O–H groups in total. The van der Waals surface area contributed by atoms with Gasteiger partial charge in [-0.15, -0.1) is 6.42 Å². The van der Waals surface area contributed by atoms with Crippen molar-refractivity contribution in [3.05, 3.63) is 23.8 Å². The number of terminal acetylenes is 1. The highest BCUT2D eigenvalue weighted by Gasteiger charge is 2.28. The van der Waals surface area contributed by atoms with Crippen molar-refractivity contribution in [2.45, 2.75) is 39.2 Å². The summed E-state index contributed by atoms with van der Waals surface area (Å²) in [5.41, 5.74) is 0.570. The second-order valence-electron chi connectivity index (χ2n) is 6.21.